The maximum Gasteiger partial charge on any atom is 0.353 e. The van der Waals surface area contributed by atoms with Gasteiger partial charge in [-0.1, -0.05) is 48.0 Å². The van der Waals surface area contributed by atoms with Crippen LogP contribution >= 0.6 is 11.6 Å². The molecule has 0 aliphatic heterocycles. The first-order chi connectivity index (χ1) is 14.1. The molecule has 6 nitrogen and oxygen atoms in total. The van der Waals surface area contributed by atoms with Gasteiger partial charge in [0, 0.05) is 42.0 Å². The molecule has 0 unspecified atom stereocenters. The number of aliphatic hydroxyl groups excluding tert-OH is 2. The number of aromatic carboxylic acids is 1. The number of hydrogen-bond acceptors (Lipinski definition) is 4. The van der Waals surface area contributed by atoms with E-state index in [0.717, 1.165) is 16.6 Å². The Balaban J connectivity index is 2.04. The number of nitrogens with zero attached hydrogens (tertiary/aromatic N) is 2. The molecule has 1 aromatic heterocycles. The van der Waals surface area contributed by atoms with Crippen LogP contribution in [0.25, 0.3) is 22.0 Å². The van der Waals surface area contributed by atoms with Gasteiger partial charge in [-0.3, -0.25) is 4.90 Å². The molecule has 7 heteroatoms. The fraction of sp³-hybridized carbons (Fsp3) is 0.318. The zero-order chi connectivity index (χ0) is 20.8. The van der Waals surface area contributed by atoms with E-state index in [0.29, 0.717) is 43.0 Å². The van der Waals surface area contributed by atoms with Gasteiger partial charge in [-0.15, -0.1) is 0 Å². The van der Waals surface area contributed by atoms with Gasteiger partial charge >= 0.3 is 5.97 Å². The molecule has 154 valence electrons. The highest BCUT2D eigenvalue weighted by molar-refractivity contribution is 6.31. The summed E-state index contributed by atoms with van der Waals surface area (Å²) in [5.41, 5.74) is 2.00. The lowest BCUT2D eigenvalue weighted by atomic mass is 10.1. The molecule has 3 rings (SSSR count). The van der Waals surface area contributed by atoms with Crippen LogP contribution in [0.15, 0.2) is 48.5 Å². The van der Waals surface area contributed by atoms with Crippen LogP contribution in [0.2, 0.25) is 5.02 Å². The van der Waals surface area contributed by atoms with Crippen LogP contribution in [0.3, 0.4) is 0 Å². The number of hydrogen-bond donors (Lipinski definition) is 3. The van der Waals surface area contributed by atoms with Crippen molar-refractivity contribution in [3.63, 3.8) is 0 Å². The normalized spacial score (nSPS) is 11.4. The Hall–Kier alpha value is -2.38. The lowest BCUT2D eigenvalue weighted by molar-refractivity contribution is 0.0687. The molecular formula is C22H25ClN2O4. The lowest BCUT2D eigenvalue weighted by Crippen LogP contribution is -2.31. The van der Waals surface area contributed by atoms with E-state index in [1.54, 1.807) is 12.1 Å². The van der Waals surface area contributed by atoms with Gasteiger partial charge in [-0.2, -0.15) is 0 Å². The molecule has 3 N–H and O–H groups in total. The quantitative estimate of drug-likeness (QED) is 0.472. The fourth-order valence-electron chi connectivity index (χ4n) is 3.75. The summed E-state index contributed by atoms with van der Waals surface area (Å²) in [6.07, 6.45) is 0.675. The molecule has 0 bridgehead atoms. The van der Waals surface area contributed by atoms with Crippen LogP contribution in [0.4, 0.5) is 0 Å². The smallest absolute Gasteiger partial charge is 0.353 e. The summed E-state index contributed by atoms with van der Waals surface area (Å²) in [5.74, 6) is -0.984. The van der Waals surface area contributed by atoms with E-state index in [1.165, 1.54) is 0 Å². The molecular weight excluding hydrogens is 392 g/mol. The molecule has 0 aliphatic rings. The summed E-state index contributed by atoms with van der Waals surface area (Å²) >= 11 is 6.22. The SMILES string of the molecule is O=C(O)c1c2ccc(Cl)cc2c(-c2ccccc2)n1CCCN(CCO)CCO. The molecule has 0 saturated carbocycles. The van der Waals surface area contributed by atoms with Crippen LogP contribution in [-0.4, -0.2) is 63.6 Å². The van der Waals surface area contributed by atoms with Crippen LogP contribution in [0.5, 0.6) is 0 Å². The second kappa shape index (κ2) is 9.89. The molecule has 0 radical (unpaired) electrons. The monoisotopic (exact) mass is 416 g/mol. The molecule has 0 saturated heterocycles. The summed E-state index contributed by atoms with van der Waals surface area (Å²) in [6.45, 7) is 2.11. The standard InChI is InChI=1S/C22H25ClN2O4/c23-17-7-8-18-19(15-17)20(16-5-2-1-3-6-16)25(21(18)22(28)29)10-4-9-24(11-13-26)12-14-27/h1-3,5-8,15,26-27H,4,9-14H2,(H,28,29). The average molecular weight is 417 g/mol. The van der Waals surface area contributed by atoms with Crippen LogP contribution in [0, 0.1) is 0 Å². The second-order valence-corrected chi connectivity index (χ2v) is 7.29. The third-order valence-electron chi connectivity index (χ3n) is 4.97. The molecule has 29 heavy (non-hydrogen) atoms. The van der Waals surface area contributed by atoms with Gasteiger partial charge in [0.25, 0.3) is 0 Å². The molecule has 2 aromatic carbocycles. The topological polar surface area (TPSA) is 85.9 Å². The van der Waals surface area contributed by atoms with E-state index in [4.69, 9.17) is 11.6 Å². The second-order valence-electron chi connectivity index (χ2n) is 6.85. The number of rotatable bonds is 10. The van der Waals surface area contributed by atoms with E-state index < -0.39 is 5.97 Å². The summed E-state index contributed by atoms with van der Waals surface area (Å²) in [4.78, 5) is 14.1. The number of halogens is 1. The Morgan fingerprint density at radius 3 is 2.28 bits per heavy atom. The van der Waals surface area contributed by atoms with Gasteiger partial charge in [0.1, 0.15) is 5.69 Å². The molecule has 0 atom stereocenters. The lowest BCUT2D eigenvalue weighted by Gasteiger charge is -2.21. The highest BCUT2D eigenvalue weighted by atomic mass is 35.5. The van der Waals surface area contributed by atoms with E-state index in [9.17, 15) is 20.1 Å². The average Bonchev–Trinajstić information content (AvgIpc) is 3.02. The van der Waals surface area contributed by atoms with Crippen molar-refractivity contribution in [2.75, 3.05) is 32.8 Å². The zero-order valence-corrected chi connectivity index (χ0v) is 16.8. The van der Waals surface area contributed by atoms with Crippen molar-refractivity contribution >= 4 is 28.3 Å². The van der Waals surface area contributed by atoms with Crippen molar-refractivity contribution in [3.05, 3.63) is 59.2 Å². The van der Waals surface area contributed by atoms with Crippen LogP contribution in [-0.2, 0) is 6.54 Å². The Morgan fingerprint density at radius 2 is 1.66 bits per heavy atom. The van der Waals surface area contributed by atoms with Crippen molar-refractivity contribution in [3.8, 4) is 11.3 Å². The van der Waals surface area contributed by atoms with Gasteiger partial charge < -0.3 is 19.9 Å². The van der Waals surface area contributed by atoms with E-state index >= 15 is 0 Å². The van der Waals surface area contributed by atoms with Crippen molar-refractivity contribution in [2.24, 2.45) is 0 Å². The van der Waals surface area contributed by atoms with Gasteiger partial charge in [0.2, 0.25) is 0 Å². The van der Waals surface area contributed by atoms with E-state index in [2.05, 4.69) is 0 Å². The first-order valence-electron chi connectivity index (χ1n) is 9.61. The summed E-state index contributed by atoms with van der Waals surface area (Å²) in [5, 5.41) is 30.3. The number of fused-ring (bicyclic) bond motifs is 1. The Bertz CT molecular complexity index is 966. The number of carboxylic acids is 1. The predicted molar refractivity (Wildman–Crippen MR) is 115 cm³/mol. The molecule has 3 aromatic rings. The Kier molecular flexibility index (Phi) is 7.28. The number of carboxylic acid groups (broad SMARTS) is 1. The summed E-state index contributed by atoms with van der Waals surface area (Å²) in [6, 6.07) is 15.0. The Morgan fingerprint density at radius 1 is 0.966 bits per heavy atom. The number of aromatic nitrogens is 1. The Labute approximate surface area is 174 Å². The maximum atomic E-state index is 12.1. The predicted octanol–water partition coefficient (Wildman–Crippen LogP) is 3.34. The first-order valence-corrected chi connectivity index (χ1v) is 9.99. The van der Waals surface area contributed by atoms with E-state index in [-0.39, 0.29) is 18.9 Å². The summed E-state index contributed by atoms with van der Waals surface area (Å²) < 4.78 is 1.84. The number of aliphatic hydroxyl groups is 2. The highest BCUT2D eigenvalue weighted by Crippen LogP contribution is 2.36. The van der Waals surface area contributed by atoms with Gasteiger partial charge in [-0.25, -0.2) is 4.79 Å². The van der Waals surface area contributed by atoms with Gasteiger partial charge in [0.05, 0.1) is 18.9 Å². The largest absolute Gasteiger partial charge is 0.477 e. The first kappa shape index (κ1) is 21.3. The molecule has 0 aliphatic carbocycles. The van der Waals surface area contributed by atoms with Crippen molar-refractivity contribution in [2.45, 2.75) is 13.0 Å². The van der Waals surface area contributed by atoms with Crippen molar-refractivity contribution in [1.29, 1.82) is 0 Å². The fourth-order valence-corrected chi connectivity index (χ4v) is 3.93. The zero-order valence-electron chi connectivity index (χ0n) is 16.1. The molecule has 0 fully saturated rings. The van der Waals surface area contributed by atoms with Crippen molar-refractivity contribution < 1.29 is 20.1 Å². The minimum atomic E-state index is -0.984. The van der Waals surface area contributed by atoms with E-state index in [1.807, 2.05) is 45.9 Å². The van der Waals surface area contributed by atoms with Crippen LogP contribution < -0.4 is 0 Å². The third kappa shape index (κ3) is 4.79. The summed E-state index contributed by atoms with van der Waals surface area (Å²) in [7, 11) is 0. The van der Waals surface area contributed by atoms with Gasteiger partial charge in [-0.05, 0) is 24.1 Å². The third-order valence-corrected chi connectivity index (χ3v) is 5.21. The molecule has 0 amide bonds. The number of benzene rings is 2. The minimum Gasteiger partial charge on any atom is -0.477 e. The van der Waals surface area contributed by atoms with Crippen LogP contribution in [0.1, 0.15) is 16.9 Å². The highest BCUT2D eigenvalue weighted by Gasteiger charge is 2.22. The maximum absolute atomic E-state index is 12.1. The van der Waals surface area contributed by atoms with Gasteiger partial charge in [0.15, 0.2) is 0 Å². The van der Waals surface area contributed by atoms with Crippen molar-refractivity contribution in [1.82, 2.24) is 9.47 Å². The number of carbonyl (C=O) groups is 1. The minimum absolute atomic E-state index is 0.0154. The molecule has 1 heterocycles. The molecule has 0 spiro atoms.